The quantitative estimate of drug-likeness (QED) is 0.885. The Morgan fingerprint density at radius 1 is 1.04 bits per heavy atom. The van der Waals surface area contributed by atoms with E-state index in [4.69, 9.17) is 9.47 Å². The van der Waals surface area contributed by atoms with Gasteiger partial charge in [0, 0.05) is 0 Å². The third-order valence-electron chi connectivity index (χ3n) is 3.47. The molecule has 132 valence electrons. The topological polar surface area (TPSA) is 59.6 Å². The van der Waals surface area contributed by atoms with Crippen molar-refractivity contribution in [2.75, 3.05) is 23.8 Å². The number of rotatable bonds is 4. The minimum absolute atomic E-state index is 0.0149. The van der Waals surface area contributed by atoms with Gasteiger partial charge >= 0.3 is 6.18 Å². The number of alkyl halides is 3. The Morgan fingerprint density at radius 2 is 1.68 bits per heavy atom. The van der Waals surface area contributed by atoms with E-state index < -0.39 is 24.7 Å². The Balaban J connectivity index is 1.68. The minimum atomic E-state index is -4.36. The van der Waals surface area contributed by atoms with Gasteiger partial charge in [-0.2, -0.15) is 13.2 Å². The van der Waals surface area contributed by atoms with Gasteiger partial charge in [0.15, 0.2) is 11.5 Å². The van der Waals surface area contributed by atoms with Crippen molar-refractivity contribution in [3.05, 3.63) is 48.5 Å². The number of hydrogen-bond acceptors (Lipinski definition) is 4. The first-order valence-corrected chi connectivity index (χ1v) is 7.51. The molecule has 0 saturated heterocycles. The van der Waals surface area contributed by atoms with Crippen molar-refractivity contribution < 1.29 is 27.4 Å². The van der Waals surface area contributed by atoms with Gasteiger partial charge in [-0.25, -0.2) is 0 Å². The summed E-state index contributed by atoms with van der Waals surface area (Å²) in [5, 5.41) is 4.84. The summed E-state index contributed by atoms with van der Waals surface area (Å²) in [6, 6.07) is 13.1. The molecule has 3 rings (SSSR count). The van der Waals surface area contributed by atoms with Gasteiger partial charge in [-0.05, 0) is 24.3 Å². The first kappa shape index (κ1) is 16.9. The van der Waals surface area contributed by atoms with Gasteiger partial charge < -0.3 is 20.1 Å². The lowest BCUT2D eigenvalue weighted by Crippen LogP contribution is -2.40. The van der Waals surface area contributed by atoms with E-state index >= 15 is 0 Å². The van der Waals surface area contributed by atoms with Crippen LogP contribution in [0.3, 0.4) is 0 Å². The monoisotopic (exact) mass is 352 g/mol. The molecule has 1 atom stereocenters. The predicted molar refractivity (Wildman–Crippen MR) is 86.0 cm³/mol. The first-order valence-electron chi connectivity index (χ1n) is 7.51. The molecule has 0 saturated carbocycles. The Hall–Kier alpha value is -2.90. The Bertz CT molecular complexity index is 765. The number of amides is 1. The molecule has 25 heavy (non-hydrogen) atoms. The molecule has 1 heterocycles. The fourth-order valence-corrected chi connectivity index (χ4v) is 2.30. The average molecular weight is 352 g/mol. The number of benzene rings is 2. The second-order valence-electron chi connectivity index (χ2n) is 5.37. The van der Waals surface area contributed by atoms with E-state index in [9.17, 15) is 18.0 Å². The van der Waals surface area contributed by atoms with Crippen LogP contribution in [0.4, 0.5) is 24.5 Å². The summed E-state index contributed by atoms with van der Waals surface area (Å²) in [6.45, 7) is -1.18. The highest BCUT2D eigenvalue weighted by Gasteiger charge is 2.29. The molecule has 1 amide bonds. The fourth-order valence-electron chi connectivity index (χ4n) is 2.30. The van der Waals surface area contributed by atoms with Gasteiger partial charge in [0.25, 0.3) is 5.91 Å². The molecule has 0 radical (unpaired) electrons. The molecule has 1 aliphatic heterocycles. The molecule has 0 aliphatic carbocycles. The summed E-state index contributed by atoms with van der Waals surface area (Å²) in [7, 11) is 0. The zero-order chi connectivity index (χ0) is 17.9. The number of ether oxygens (including phenoxy) is 2. The van der Waals surface area contributed by atoms with Crippen LogP contribution in [-0.2, 0) is 4.79 Å². The van der Waals surface area contributed by atoms with Crippen LogP contribution < -0.4 is 20.1 Å². The summed E-state index contributed by atoms with van der Waals surface area (Å²) in [5.41, 5.74) is 0.407. The lowest BCUT2D eigenvalue weighted by atomic mass is 10.2. The first-order chi connectivity index (χ1) is 11.9. The molecule has 2 aromatic carbocycles. The predicted octanol–water partition coefficient (Wildman–Crippen LogP) is 3.44. The van der Waals surface area contributed by atoms with E-state index in [1.54, 1.807) is 36.4 Å². The number of nitrogens with one attached hydrogen (secondary N) is 2. The number of fused-ring (bicyclic) bond motifs is 1. The smallest absolute Gasteiger partial charge is 0.405 e. The zero-order valence-electron chi connectivity index (χ0n) is 13.0. The van der Waals surface area contributed by atoms with Crippen LogP contribution in [0.5, 0.6) is 11.5 Å². The summed E-state index contributed by atoms with van der Waals surface area (Å²) >= 11 is 0. The maximum absolute atomic E-state index is 12.4. The number of anilines is 2. The highest BCUT2D eigenvalue weighted by molar-refractivity contribution is 5.97. The zero-order valence-corrected chi connectivity index (χ0v) is 13.0. The molecule has 0 aromatic heterocycles. The van der Waals surface area contributed by atoms with Crippen molar-refractivity contribution in [3.8, 4) is 11.5 Å². The van der Waals surface area contributed by atoms with Gasteiger partial charge in [-0.1, -0.05) is 24.3 Å². The van der Waals surface area contributed by atoms with Crippen LogP contribution in [0.2, 0.25) is 0 Å². The summed E-state index contributed by atoms with van der Waals surface area (Å²) in [6.07, 6.45) is -5.26. The highest BCUT2D eigenvalue weighted by atomic mass is 19.4. The lowest BCUT2D eigenvalue weighted by Gasteiger charge is -2.26. The number of carbonyl (C=O) groups is 1. The molecule has 5 nitrogen and oxygen atoms in total. The molecular weight excluding hydrogens is 337 g/mol. The van der Waals surface area contributed by atoms with Crippen molar-refractivity contribution in [3.63, 3.8) is 0 Å². The average Bonchev–Trinajstić information content (AvgIpc) is 2.60. The Morgan fingerprint density at radius 3 is 2.40 bits per heavy atom. The highest BCUT2D eigenvalue weighted by Crippen LogP contribution is 2.31. The minimum Gasteiger partial charge on any atom is -0.485 e. The van der Waals surface area contributed by atoms with Crippen molar-refractivity contribution in [2.45, 2.75) is 12.3 Å². The number of para-hydroxylation sites is 4. The summed E-state index contributed by atoms with van der Waals surface area (Å²) in [5.74, 6) is 0.479. The fraction of sp³-hybridized carbons (Fsp3) is 0.235. The second kappa shape index (κ2) is 6.92. The SMILES string of the molecule is O=C(Nc1ccccc1NCC(F)(F)F)[C@H]1COc2ccccc2O1. The largest absolute Gasteiger partial charge is 0.485 e. The number of halogens is 3. The summed E-state index contributed by atoms with van der Waals surface area (Å²) in [4.78, 5) is 12.4. The van der Waals surface area contributed by atoms with Crippen LogP contribution >= 0.6 is 0 Å². The molecule has 1 aliphatic rings. The van der Waals surface area contributed by atoms with Crippen molar-refractivity contribution in [1.29, 1.82) is 0 Å². The Kier molecular flexibility index (Phi) is 4.69. The third-order valence-corrected chi connectivity index (χ3v) is 3.47. The van der Waals surface area contributed by atoms with E-state index in [2.05, 4.69) is 10.6 Å². The van der Waals surface area contributed by atoms with E-state index in [1.807, 2.05) is 0 Å². The number of hydrogen-bond donors (Lipinski definition) is 2. The number of carbonyl (C=O) groups excluding carboxylic acids is 1. The summed E-state index contributed by atoms with van der Waals surface area (Å²) < 4.78 is 48.2. The molecule has 2 aromatic rings. The van der Waals surface area contributed by atoms with Crippen LogP contribution in [0.15, 0.2) is 48.5 Å². The molecule has 8 heteroatoms. The van der Waals surface area contributed by atoms with E-state index in [0.29, 0.717) is 11.5 Å². The van der Waals surface area contributed by atoms with Gasteiger partial charge in [-0.3, -0.25) is 4.79 Å². The normalized spacial score (nSPS) is 16.2. The molecular formula is C17H15F3N2O3. The lowest BCUT2D eigenvalue weighted by molar-refractivity contribution is -0.125. The Labute approximate surface area is 141 Å². The maximum atomic E-state index is 12.4. The maximum Gasteiger partial charge on any atom is 0.405 e. The van der Waals surface area contributed by atoms with Crippen molar-refractivity contribution in [1.82, 2.24) is 0 Å². The second-order valence-corrected chi connectivity index (χ2v) is 5.37. The van der Waals surface area contributed by atoms with Crippen LogP contribution in [0.1, 0.15) is 0 Å². The molecule has 0 spiro atoms. The van der Waals surface area contributed by atoms with Gasteiger partial charge in [0.2, 0.25) is 6.10 Å². The van der Waals surface area contributed by atoms with E-state index in [1.165, 1.54) is 12.1 Å². The van der Waals surface area contributed by atoms with Gasteiger partial charge in [-0.15, -0.1) is 0 Å². The third kappa shape index (κ3) is 4.34. The van der Waals surface area contributed by atoms with Gasteiger partial charge in [0.1, 0.15) is 13.2 Å². The van der Waals surface area contributed by atoms with E-state index in [0.717, 1.165) is 0 Å². The standard InChI is InChI=1S/C17H15F3N2O3/c18-17(19,20)10-21-11-5-1-2-6-12(11)22-16(23)15-9-24-13-7-3-4-8-14(13)25-15/h1-8,15,21H,9-10H2,(H,22,23)/t15-/m1/s1. The molecule has 0 bridgehead atoms. The van der Waals surface area contributed by atoms with Crippen LogP contribution in [0.25, 0.3) is 0 Å². The van der Waals surface area contributed by atoms with Crippen LogP contribution in [0, 0.1) is 0 Å². The van der Waals surface area contributed by atoms with Crippen molar-refractivity contribution in [2.24, 2.45) is 0 Å². The molecule has 0 unspecified atom stereocenters. The van der Waals surface area contributed by atoms with Crippen LogP contribution in [-0.4, -0.2) is 31.3 Å². The molecule has 0 fully saturated rings. The van der Waals surface area contributed by atoms with Gasteiger partial charge in [0.05, 0.1) is 11.4 Å². The molecule has 2 N–H and O–H groups in total. The van der Waals surface area contributed by atoms with Crippen molar-refractivity contribution >= 4 is 17.3 Å². The van der Waals surface area contributed by atoms with E-state index in [-0.39, 0.29) is 18.0 Å².